The molecular weight excluding hydrogens is 304 g/mol. The smallest absolute Gasteiger partial charge is 0.339 e. The second-order valence-corrected chi connectivity index (χ2v) is 6.63. The van der Waals surface area contributed by atoms with Gasteiger partial charge in [0.1, 0.15) is 23.8 Å². The Kier molecular flexibility index (Phi) is 3.01. The maximum Gasteiger partial charge on any atom is 0.339 e. The number of hydrogen-bond acceptors (Lipinski definition) is 4. The Morgan fingerprint density at radius 1 is 1.25 bits per heavy atom. The topological polar surface area (TPSA) is 57.3 Å². The van der Waals surface area contributed by atoms with E-state index in [1.165, 1.54) is 12.8 Å². The van der Waals surface area contributed by atoms with Gasteiger partial charge in [-0.25, -0.2) is 9.78 Å². The van der Waals surface area contributed by atoms with Crippen molar-refractivity contribution in [2.75, 3.05) is 0 Å². The van der Waals surface area contributed by atoms with Crippen LogP contribution in [0.25, 0.3) is 11.0 Å². The van der Waals surface area contributed by atoms with E-state index in [1.807, 2.05) is 30.6 Å². The van der Waals surface area contributed by atoms with Crippen LogP contribution in [0.15, 0.2) is 39.8 Å². The number of aryl methyl sites for hydroxylation is 1. The molecule has 0 N–H and O–H groups in total. The van der Waals surface area contributed by atoms with E-state index >= 15 is 0 Å². The lowest BCUT2D eigenvalue weighted by Gasteiger charge is -2.10. The van der Waals surface area contributed by atoms with Crippen LogP contribution >= 0.6 is 0 Å². The van der Waals surface area contributed by atoms with Crippen LogP contribution in [0.4, 0.5) is 0 Å². The molecule has 0 bridgehead atoms. The zero-order valence-electron chi connectivity index (χ0n) is 13.3. The van der Waals surface area contributed by atoms with Crippen molar-refractivity contribution in [3.63, 3.8) is 0 Å². The first-order valence-corrected chi connectivity index (χ1v) is 8.53. The van der Waals surface area contributed by atoms with Gasteiger partial charge in [0.25, 0.3) is 0 Å². The molecule has 0 saturated heterocycles. The van der Waals surface area contributed by atoms with Gasteiger partial charge in [-0.05, 0) is 55.9 Å². The summed E-state index contributed by atoms with van der Waals surface area (Å²) in [5, 5.41) is 1.00. The van der Waals surface area contributed by atoms with Gasteiger partial charge in [0.2, 0.25) is 0 Å². The van der Waals surface area contributed by atoms with Gasteiger partial charge >= 0.3 is 5.63 Å². The van der Waals surface area contributed by atoms with E-state index in [2.05, 4.69) is 9.55 Å². The molecule has 5 rings (SSSR count). The molecule has 24 heavy (non-hydrogen) atoms. The second kappa shape index (κ2) is 5.23. The van der Waals surface area contributed by atoms with Gasteiger partial charge in [0.05, 0.1) is 0 Å². The number of benzene rings is 1. The van der Waals surface area contributed by atoms with Crippen molar-refractivity contribution in [1.29, 1.82) is 0 Å². The van der Waals surface area contributed by atoms with E-state index in [4.69, 9.17) is 9.15 Å². The van der Waals surface area contributed by atoms with E-state index in [0.717, 1.165) is 47.3 Å². The van der Waals surface area contributed by atoms with Crippen molar-refractivity contribution in [2.24, 2.45) is 0 Å². The van der Waals surface area contributed by atoms with Gasteiger partial charge in [0, 0.05) is 29.4 Å². The summed E-state index contributed by atoms with van der Waals surface area (Å²) in [6.45, 7) is 0.452. The van der Waals surface area contributed by atoms with Crippen LogP contribution in [0, 0.1) is 0 Å². The van der Waals surface area contributed by atoms with Crippen LogP contribution in [0.3, 0.4) is 0 Å². The molecule has 122 valence electrons. The zero-order valence-corrected chi connectivity index (χ0v) is 13.3. The Balaban J connectivity index is 1.46. The molecule has 0 unspecified atom stereocenters. The minimum atomic E-state index is -0.185. The molecule has 0 spiro atoms. The molecule has 3 aromatic rings. The van der Waals surface area contributed by atoms with E-state index in [1.54, 1.807) is 0 Å². The summed E-state index contributed by atoms with van der Waals surface area (Å²) in [6, 6.07) is 6.28. The van der Waals surface area contributed by atoms with Gasteiger partial charge in [-0.1, -0.05) is 0 Å². The average molecular weight is 322 g/mol. The molecule has 0 radical (unpaired) electrons. The predicted octanol–water partition coefficient (Wildman–Crippen LogP) is 3.39. The monoisotopic (exact) mass is 322 g/mol. The zero-order chi connectivity index (χ0) is 16.1. The number of nitrogens with zero attached hydrogens (tertiary/aromatic N) is 2. The number of ether oxygens (including phenoxy) is 1. The summed E-state index contributed by atoms with van der Waals surface area (Å²) >= 11 is 0. The molecule has 5 nitrogen and oxygen atoms in total. The first kappa shape index (κ1) is 13.8. The van der Waals surface area contributed by atoms with Crippen molar-refractivity contribution in [3.8, 4) is 5.75 Å². The first-order chi connectivity index (χ1) is 11.8. The lowest BCUT2D eigenvalue weighted by Crippen LogP contribution is -2.07. The first-order valence-electron chi connectivity index (χ1n) is 8.53. The van der Waals surface area contributed by atoms with Crippen molar-refractivity contribution in [2.45, 2.75) is 44.8 Å². The molecule has 2 aliphatic carbocycles. The molecular formula is C19H18N2O3. The van der Waals surface area contributed by atoms with Crippen LogP contribution in [0.1, 0.15) is 42.3 Å². The highest BCUT2D eigenvalue weighted by Gasteiger charge is 2.25. The minimum absolute atomic E-state index is 0.185. The fraction of sp³-hybridized carbons (Fsp3) is 0.368. The summed E-state index contributed by atoms with van der Waals surface area (Å²) in [7, 11) is 0. The molecule has 1 saturated carbocycles. The van der Waals surface area contributed by atoms with Crippen molar-refractivity contribution in [3.05, 3.63) is 58.0 Å². The third-order valence-corrected chi connectivity index (χ3v) is 5.00. The summed E-state index contributed by atoms with van der Waals surface area (Å²) in [4.78, 5) is 16.4. The van der Waals surface area contributed by atoms with Gasteiger partial charge < -0.3 is 13.7 Å². The Labute approximate surface area is 138 Å². The largest absolute Gasteiger partial charge is 0.486 e. The number of imidazole rings is 1. The molecule has 2 heterocycles. The van der Waals surface area contributed by atoms with Crippen molar-refractivity contribution >= 4 is 11.0 Å². The fourth-order valence-electron chi connectivity index (χ4n) is 3.64. The summed E-state index contributed by atoms with van der Waals surface area (Å²) in [6.07, 6.45) is 9.08. The lowest BCUT2D eigenvalue weighted by atomic mass is 10.1. The van der Waals surface area contributed by atoms with E-state index in [9.17, 15) is 4.79 Å². The molecule has 0 atom stereocenters. The number of aromatic nitrogens is 2. The maximum atomic E-state index is 12.0. The van der Waals surface area contributed by atoms with E-state index in [0.29, 0.717) is 18.2 Å². The van der Waals surface area contributed by atoms with Gasteiger partial charge in [-0.3, -0.25) is 0 Å². The second-order valence-electron chi connectivity index (χ2n) is 6.63. The predicted molar refractivity (Wildman–Crippen MR) is 89.3 cm³/mol. The minimum Gasteiger partial charge on any atom is -0.486 e. The molecule has 0 aliphatic heterocycles. The maximum absolute atomic E-state index is 12.0. The number of rotatable bonds is 4. The summed E-state index contributed by atoms with van der Waals surface area (Å²) in [5.74, 6) is 1.75. The van der Waals surface area contributed by atoms with Crippen molar-refractivity contribution in [1.82, 2.24) is 9.55 Å². The van der Waals surface area contributed by atoms with Gasteiger partial charge in [0.15, 0.2) is 0 Å². The molecule has 1 fully saturated rings. The van der Waals surface area contributed by atoms with Crippen LogP contribution in [-0.2, 0) is 19.4 Å². The summed E-state index contributed by atoms with van der Waals surface area (Å²) in [5.41, 5.74) is 2.43. The van der Waals surface area contributed by atoms with Crippen LogP contribution < -0.4 is 10.4 Å². The highest BCUT2D eigenvalue weighted by Crippen LogP contribution is 2.36. The third kappa shape index (κ3) is 2.23. The summed E-state index contributed by atoms with van der Waals surface area (Å²) < 4.78 is 13.6. The molecule has 2 aliphatic rings. The Morgan fingerprint density at radius 2 is 2.12 bits per heavy atom. The molecule has 2 aromatic heterocycles. The molecule has 1 aromatic carbocycles. The standard InChI is InChI=1S/C19H18N2O3/c22-19-15-3-1-2-14(15)16-10-13(6-7-17(16)24-19)23-11-18-20-8-9-21(18)12-4-5-12/h6-10,12H,1-5,11H2. The highest BCUT2D eigenvalue weighted by molar-refractivity contribution is 5.83. The number of fused-ring (bicyclic) bond motifs is 3. The lowest BCUT2D eigenvalue weighted by molar-refractivity contribution is 0.289. The average Bonchev–Trinajstić information content (AvgIpc) is 3.12. The van der Waals surface area contributed by atoms with E-state index < -0.39 is 0 Å². The van der Waals surface area contributed by atoms with Gasteiger partial charge in [-0.2, -0.15) is 0 Å². The number of hydrogen-bond donors (Lipinski definition) is 0. The fourth-order valence-corrected chi connectivity index (χ4v) is 3.64. The Hall–Kier alpha value is -2.56. The third-order valence-electron chi connectivity index (χ3n) is 5.00. The molecule has 0 amide bonds. The van der Waals surface area contributed by atoms with Crippen molar-refractivity contribution < 1.29 is 9.15 Å². The Bertz CT molecular complexity index is 982. The van der Waals surface area contributed by atoms with Crippen LogP contribution in [-0.4, -0.2) is 9.55 Å². The normalized spacial score (nSPS) is 16.5. The molecule has 5 heteroatoms. The quantitative estimate of drug-likeness (QED) is 0.691. The SMILES string of the molecule is O=c1oc2ccc(OCc3nccn3C3CC3)cc2c2c1CCC2. The Morgan fingerprint density at radius 3 is 3.00 bits per heavy atom. The highest BCUT2D eigenvalue weighted by atomic mass is 16.5. The van der Waals surface area contributed by atoms with Crippen LogP contribution in [0.2, 0.25) is 0 Å². The van der Waals surface area contributed by atoms with E-state index in [-0.39, 0.29) is 5.63 Å². The van der Waals surface area contributed by atoms with Crippen LogP contribution in [0.5, 0.6) is 5.75 Å². The van der Waals surface area contributed by atoms with Gasteiger partial charge in [-0.15, -0.1) is 0 Å².